The Labute approximate surface area is 99.8 Å². The lowest BCUT2D eigenvalue weighted by atomic mass is 10.2. The molecule has 5 nitrogen and oxygen atoms in total. The van der Waals surface area contributed by atoms with Gasteiger partial charge in [-0.2, -0.15) is 0 Å². The van der Waals surface area contributed by atoms with E-state index in [4.69, 9.17) is 0 Å². The number of carbonyl (C=O) groups is 1. The molecule has 0 aliphatic carbocycles. The van der Waals surface area contributed by atoms with E-state index in [1.165, 1.54) is 11.5 Å². The molecule has 0 atom stereocenters. The third kappa shape index (κ3) is 5.77. The van der Waals surface area contributed by atoms with Crippen LogP contribution in [0.5, 0.6) is 0 Å². The summed E-state index contributed by atoms with van der Waals surface area (Å²) in [7, 11) is 0. The van der Waals surface area contributed by atoms with Gasteiger partial charge in [-0.1, -0.05) is 18.3 Å². The van der Waals surface area contributed by atoms with Crippen molar-refractivity contribution in [2.45, 2.75) is 26.8 Å². The number of hydrogen-bond acceptors (Lipinski definition) is 5. The van der Waals surface area contributed by atoms with Gasteiger partial charge in [0.15, 0.2) is 0 Å². The van der Waals surface area contributed by atoms with Gasteiger partial charge < -0.3 is 10.6 Å². The first kappa shape index (κ1) is 13.1. The quantitative estimate of drug-likeness (QED) is 0.694. The van der Waals surface area contributed by atoms with Gasteiger partial charge in [0, 0.05) is 31.4 Å². The third-order valence-corrected chi connectivity index (χ3v) is 2.50. The van der Waals surface area contributed by atoms with Crippen LogP contribution in [-0.4, -0.2) is 28.6 Å². The molecule has 0 bridgehead atoms. The SMILES string of the molecule is CC(C)CNC(=O)CCNCc1csnn1. The summed E-state index contributed by atoms with van der Waals surface area (Å²) in [5.41, 5.74) is 0.924. The van der Waals surface area contributed by atoms with Crippen molar-refractivity contribution in [2.24, 2.45) is 5.92 Å². The average Bonchev–Trinajstić information content (AvgIpc) is 2.74. The highest BCUT2D eigenvalue weighted by Crippen LogP contribution is 1.95. The molecule has 16 heavy (non-hydrogen) atoms. The molecular formula is C10H18N4OS. The lowest BCUT2D eigenvalue weighted by Gasteiger charge is -2.07. The van der Waals surface area contributed by atoms with Crippen LogP contribution in [0.3, 0.4) is 0 Å². The Morgan fingerprint density at radius 1 is 1.56 bits per heavy atom. The Morgan fingerprint density at radius 2 is 2.38 bits per heavy atom. The summed E-state index contributed by atoms with van der Waals surface area (Å²) in [4.78, 5) is 11.3. The van der Waals surface area contributed by atoms with Crippen molar-refractivity contribution < 1.29 is 4.79 Å². The Morgan fingerprint density at radius 3 is 3.00 bits per heavy atom. The van der Waals surface area contributed by atoms with Crippen LogP contribution in [0.1, 0.15) is 26.0 Å². The molecule has 0 radical (unpaired) electrons. The first-order valence-corrected chi connectivity index (χ1v) is 6.25. The Kier molecular flexibility index (Phi) is 5.95. The van der Waals surface area contributed by atoms with Crippen molar-refractivity contribution in [1.29, 1.82) is 0 Å². The van der Waals surface area contributed by atoms with E-state index >= 15 is 0 Å². The number of carbonyl (C=O) groups excluding carboxylic acids is 1. The highest BCUT2D eigenvalue weighted by molar-refractivity contribution is 7.03. The van der Waals surface area contributed by atoms with E-state index < -0.39 is 0 Å². The maximum atomic E-state index is 11.3. The standard InChI is InChI=1S/C10H18N4OS/c1-8(2)5-12-10(15)3-4-11-6-9-7-16-14-13-9/h7-8,11H,3-6H2,1-2H3,(H,12,15). The molecule has 1 heterocycles. The molecule has 6 heteroatoms. The molecule has 0 aliphatic rings. The van der Waals surface area contributed by atoms with Crippen molar-refractivity contribution in [3.8, 4) is 0 Å². The van der Waals surface area contributed by atoms with Gasteiger partial charge in [-0.3, -0.25) is 4.79 Å². The largest absolute Gasteiger partial charge is 0.356 e. The van der Waals surface area contributed by atoms with Crippen molar-refractivity contribution in [1.82, 2.24) is 20.2 Å². The summed E-state index contributed by atoms with van der Waals surface area (Å²) < 4.78 is 3.76. The van der Waals surface area contributed by atoms with Crippen molar-refractivity contribution >= 4 is 17.4 Å². The highest BCUT2D eigenvalue weighted by atomic mass is 32.1. The number of rotatable bonds is 7. The molecule has 1 aromatic heterocycles. The van der Waals surface area contributed by atoms with Gasteiger partial charge in [0.1, 0.15) is 0 Å². The first-order valence-electron chi connectivity index (χ1n) is 5.42. The normalized spacial score (nSPS) is 10.7. The van der Waals surface area contributed by atoms with Crippen molar-refractivity contribution in [2.75, 3.05) is 13.1 Å². The van der Waals surface area contributed by atoms with E-state index in [9.17, 15) is 4.79 Å². The van der Waals surface area contributed by atoms with Gasteiger partial charge in [-0.05, 0) is 17.5 Å². The Bertz CT molecular complexity index is 300. The molecule has 90 valence electrons. The molecule has 1 aromatic rings. The van der Waals surface area contributed by atoms with Gasteiger partial charge in [0.2, 0.25) is 5.91 Å². The molecule has 0 aromatic carbocycles. The molecule has 1 amide bonds. The van der Waals surface area contributed by atoms with E-state index in [0.717, 1.165) is 12.2 Å². The van der Waals surface area contributed by atoms with Gasteiger partial charge in [0.05, 0.1) is 5.69 Å². The topological polar surface area (TPSA) is 66.9 Å². The minimum atomic E-state index is 0.0950. The molecule has 2 N–H and O–H groups in total. The summed E-state index contributed by atoms with van der Waals surface area (Å²) in [6, 6.07) is 0. The fourth-order valence-corrected chi connectivity index (χ4v) is 1.54. The molecule has 0 saturated heterocycles. The summed E-state index contributed by atoms with van der Waals surface area (Å²) in [5, 5.41) is 11.8. The predicted molar refractivity (Wildman–Crippen MR) is 64.1 cm³/mol. The minimum Gasteiger partial charge on any atom is -0.356 e. The number of hydrogen-bond donors (Lipinski definition) is 2. The average molecular weight is 242 g/mol. The first-order chi connectivity index (χ1) is 7.68. The summed E-state index contributed by atoms with van der Waals surface area (Å²) in [5.74, 6) is 0.593. The van der Waals surface area contributed by atoms with Gasteiger partial charge in [-0.25, -0.2) is 0 Å². The van der Waals surface area contributed by atoms with Crippen LogP contribution in [0.25, 0.3) is 0 Å². The summed E-state index contributed by atoms with van der Waals surface area (Å²) >= 11 is 1.33. The zero-order chi connectivity index (χ0) is 11.8. The lowest BCUT2D eigenvalue weighted by molar-refractivity contribution is -0.121. The van der Waals surface area contributed by atoms with Crippen LogP contribution in [-0.2, 0) is 11.3 Å². The van der Waals surface area contributed by atoms with Crippen LogP contribution >= 0.6 is 11.5 Å². The van der Waals surface area contributed by atoms with E-state index in [1.807, 2.05) is 5.38 Å². The number of amides is 1. The van der Waals surface area contributed by atoms with E-state index in [1.54, 1.807) is 0 Å². The highest BCUT2D eigenvalue weighted by Gasteiger charge is 2.02. The monoisotopic (exact) mass is 242 g/mol. The van der Waals surface area contributed by atoms with E-state index in [-0.39, 0.29) is 5.91 Å². The van der Waals surface area contributed by atoms with Gasteiger partial charge >= 0.3 is 0 Å². The predicted octanol–water partition coefficient (Wildman–Crippen LogP) is 0.790. The second kappa shape index (κ2) is 7.29. The summed E-state index contributed by atoms with van der Waals surface area (Å²) in [6.07, 6.45) is 0.504. The van der Waals surface area contributed by atoms with E-state index in [0.29, 0.717) is 25.4 Å². The van der Waals surface area contributed by atoms with Gasteiger partial charge in [-0.15, -0.1) is 5.10 Å². The molecule has 1 rings (SSSR count). The van der Waals surface area contributed by atoms with Gasteiger partial charge in [0.25, 0.3) is 0 Å². The molecule has 0 spiro atoms. The van der Waals surface area contributed by atoms with Crippen molar-refractivity contribution in [3.63, 3.8) is 0 Å². The zero-order valence-corrected chi connectivity index (χ0v) is 10.5. The zero-order valence-electron chi connectivity index (χ0n) is 9.69. The summed E-state index contributed by atoms with van der Waals surface area (Å²) in [6.45, 7) is 6.24. The second-order valence-corrected chi connectivity index (χ2v) is 4.63. The third-order valence-electron chi connectivity index (χ3n) is 1.95. The van der Waals surface area contributed by atoms with Crippen LogP contribution in [0.2, 0.25) is 0 Å². The fourth-order valence-electron chi connectivity index (χ4n) is 1.09. The second-order valence-electron chi connectivity index (χ2n) is 4.02. The van der Waals surface area contributed by atoms with Crippen molar-refractivity contribution in [3.05, 3.63) is 11.1 Å². The Hall–Kier alpha value is -1.01. The molecular weight excluding hydrogens is 224 g/mol. The Balaban J connectivity index is 2.00. The smallest absolute Gasteiger partial charge is 0.221 e. The fraction of sp³-hybridized carbons (Fsp3) is 0.700. The molecule has 0 aliphatic heterocycles. The maximum Gasteiger partial charge on any atom is 0.221 e. The lowest BCUT2D eigenvalue weighted by Crippen LogP contribution is -2.30. The number of nitrogens with one attached hydrogen (secondary N) is 2. The maximum absolute atomic E-state index is 11.3. The molecule has 0 fully saturated rings. The molecule has 0 saturated carbocycles. The van der Waals surface area contributed by atoms with Crippen LogP contribution in [0.4, 0.5) is 0 Å². The van der Waals surface area contributed by atoms with E-state index in [2.05, 4.69) is 34.1 Å². The van der Waals surface area contributed by atoms with Crippen LogP contribution in [0.15, 0.2) is 5.38 Å². The number of aromatic nitrogens is 2. The minimum absolute atomic E-state index is 0.0950. The van der Waals surface area contributed by atoms with Crippen LogP contribution < -0.4 is 10.6 Å². The number of nitrogens with zero attached hydrogens (tertiary/aromatic N) is 2. The van der Waals surface area contributed by atoms with Crippen LogP contribution in [0, 0.1) is 5.92 Å². The molecule has 0 unspecified atom stereocenters.